The summed E-state index contributed by atoms with van der Waals surface area (Å²) in [7, 11) is 0. The lowest BCUT2D eigenvalue weighted by atomic mass is 10.2. The van der Waals surface area contributed by atoms with E-state index in [1.165, 1.54) is 6.08 Å². The van der Waals surface area contributed by atoms with Gasteiger partial charge >= 0.3 is 0 Å². The minimum absolute atomic E-state index is 0.0351. The van der Waals surface area contributed by atoms with Gasteiger partial charge in [0.05, 0.1) is 13.2 Å². The molecule has 0 unspecified atom stereocenters. The Labute approximate surface area is 131 Å². The van der Waals surface area contributed by atoms with Crippen molar-refractivity contribution in [3.05, 3.63) is 50.9 Å². The van der Waals surface area contributed by atoms with E-state index in [-0.39, 0.29) is 25.2 Å². The topological polar surface area (TPSA) is 58.6 Å². The van der Waals surface area contributed by atoms with Crippen molar-refractivity contribution < 1.29 is 14.6 Å². The third-order valence-electron chi connectivity index (χ3n) is 2.76. The molecular formula is C15H17NO3S2. The number of carbonyl (C=O) groups excluding carboxylic acids is 1. The summed E-state index contributed by atoms with van der Waals surface area (Å²) < 4.78 is 5.56. The van der Waals surface area contributed by atoms with Crippen LogP contribution in [0.3, 0.4) is 0 Å². The van der Waals surface area contributed by atoms with Crippen LogP contribution in [0.4, 0.5) is 0 Å². The number of aliphatic hydroxyl groups is 1. The monoisotopic (exact) mass is 323 g/mol. The van der Waals surface area contributed by atoms with Crippen molar-refractivity contribution in [1.82, 2.24) is 5.32 Å². The van der Waals surface area contributed by atoms with Crippen LogP contribution in [0, 0.1) is 0 Å². The van der Waals surface area contributed by atoms with Gasteiger partial charge in [0.2, 0.25) is 5.91 Å². The third-order valence-corrected chi connectivity index (χ3v) is 4.16. The number of nitrogens with one attached hydrogen (secondary N) is 1. The van der Waals surface area contributed by atoms with Crippen LogP contribution in [-0.2, 0) is 9.53 Å². The van der Waals surface area contributed by atoms with Crippen molar-refractivity contribution in [3.63, 3.8) is 0 Å². The largest absolute Gasteiger partial charge is 0.394 e. The van der Waals surface area contributed by atoms with E-state index in [1.54, 1.807) is 28.7 Å². The molecule has 0 aliphatic rings. The molecule has 0 aliphatic carbocycles. The fourth-order valence-electron chi connectivity index (χ4n) is 1.72. The lowest BCUT2D eigenvalue weighted by molar-refractivity contribution is -0.117. The zero-order valence-corrected chi connectivity index (χ0v) is 13.0. The number of rotatable bonds is 8. The summed E-state index contributed by atoms with van der Waals surface area (Å²) in [6.45, 7) is 0.595. The Morgan fingerprint density at radius 3 is 2.81 bits per heavy atom. The van der Waals surface area contributed by atoms with Gasteiger partial charge in [-0.05, 0) is 50.9 Å². The van der Waals surface area contributed by atoms with E-state index in [2.05, 4.69) is 5.32 Å². The van der Waals surface area contributed by atoms with Crippen LogP contribution in [0.5, 0.6) is 0 Å². The van der Waals surface area contributed by atoms with E-state index < -0.39 is 0 Å². The Morgan fingerprint density at radius 1 is 1.33 bits per heavy atom. The number of ether oxygens (including phenoxy) is 1. The summed E-state index contributed by atoms with van der Waals surface area (Å²) in [5.41, 5.74) is 2.02. The molecule has 2 aromatic rings. The molecule has 4 nitrogen and oxygen atoms in total. The Morgan fingerprint density at radius 2 is 2.14 bits per heavy atom. The highest BCUT2D eigenvalue weighted by molar-refractivity contribution is 7.08. The molecule has 2 aromatic heterocycles. The maximum atomic E-state index is 11.8. The Hall–Kier alpha value is -1.47. The SMILES string of the molecule is O=C(/C=C/c1ccsc1)NC[C@H](OCCO)c1ccsc1. The summed E-state index contributed by atoms with van der Waals surface area (Å²) >= 11 is 3.17. The molecule has 6 heteroatoms. The van der Waals surface area contributed by atoms with Gasteiger partial charge in [0.25, 0.3) is 0 Å². The Balaban J connectivity index is 1.84. The molecule has 21 heavy (non-hydrogen) atoms. The highest BCUT2D eigenvalue weighted by atomic mass is 32.1. The fraction of sp³-hybridized carbons (Fsp3) is 0.267. The molecule has 2 heterocycles. The van der Waals surface area contributed by atoms with E-state index in [4.69, 9.17) is 9.84 Å². The first-order valence-corrected chi connectivity index (χ1v) is 8.41. The third kappa shape index (κ3) is 5.43. The average molecular weight is 323 g/mol. The van der Waals surface area contributed by atoms with Crippen molar-refractivity contribution in [2.24, 2.45) is 0 Å². The first-order chi connectivity index (χ1) is 10.3. The normalized spacial score (nSPS) is 12.6. The molecule has 0 saturated heterocycles. The second-order valence-corrected chi connectivity index (χ2v) is 5.83. The first kappa shape index (κ1) is 15.9. The minimum Gasteiger partial charge on any atom is -0.394 e. The van der Waals surface area contributed by atoms with E-state index in [9.17, 15) is 4.79 Å². The fourth-order valence-corrected chi connectivity index (χ4v) is 3.05. The van der Waals surface area contributed by atoms with Crippen molar-refractivity contribution >= 4 is 34.7 Å². The first-order valence-electron chi connectivity index (χ1n) is 6.52. The quantitative estimate of drug-likeness (QED) is 0.734. The van der Waals surface area contributed by atoms with Gasteiger partial charge in [-0.2, -0.15) is 22.7 Å². The molecule has 0 saturated carbocycles. The van der Waals surface area contributed by atoms with Crippen LogP contribution in [-0.4, -0.2) is 30.8 Å². The highest BCUT2D eigenvalue weighted by Gasteiger charge is 2.13. The van der Waals surface area contributed by atoms with Gasteiger partial charge in [-0.25, -0.2) is 0 Å². The smallest absolute Gasteiger partial charge is 0.244 e. The summed E-state index contributed by atoms with van der Waals surface area (Å²) in [6, 6.07) is 3.91. The molecule has 0 aromatic carbocycles. The van der Waals surface area contributed by atoms with E-state index in [1.807, 2.05) is 33.7 Å². The molecule has 0 spiro atoms. The number of hydrogen-bond acceptors (Lipinski definition) is 5. The van der Waals surface area contributed by atoms with Gasteiger partial charge in [-0.1, -0.05) is 0 Å². The second kappa shape index (κ2) is 8.74. The lowest BCUT2D eigenvalue weighted by Gasteiger charge is -2.16. The second-order valence-electron chi connectivity index (χ2n) is 4.27. The molecule has 0 radical (unpaired) electrons. The van der Waals surface area contributed by atoms with Crippen molar-refractivity contribution in [1.29, 1.82) is 0 Å². The molecule has 2 N–H and O–H groups in total. The Kier molecular flexibility index (Phi) is 6.62. The molecule has 1 amide bonds. The molecule has 112 valence electrons. The van der Waals surface area contributed by atoms with Crippen LogP contribution in [0.1, 0.15) is 17.2 Å². The molecule has 1 atom stereocenters. The van der Waals surface area contributed by atoms with Crippen LogP contribution in [0.2, 0.25) is 0 Å². The van der Waals surface area contributed by atoms with Crippen LogP contribution < -0.4 is 5.32 Å². The van der Waals surface area contributed by atoms with E-state index in [0.29, 0.717) is 6.54 Å². The predicted molar refractivity (Wildman–Crippen MR) is 86.5 cm³/mol. The zero-order valence-electron chi connectivity index (χ0n) is 11.4. The summed E-state index contributed by atoms with van der Waals surface area (Å²) in [5.74, 6) is -0.158. The summed E-state index contributed by atoms with van der Waals surface area (Å²) in [6.07, 6.45) is 3.06. The van der Waals surface area contributed by atoms with Gasteiger partial charge in [-0.15, -0.1) is 0 Å². The van der Waals surface area contributed by atoms with Gasteiger partial charge in [0.15, 0.2) is 0 Å². The maximum absolute atomic E-state index is 11.8. The average Bonchev–Trinajstić information content (AvgIpc) is 3.18. The van der Waals surface area contributed by atoms with E-state index >= 15 is 0 Å². The minimum atomic E-state index is -0.234. The summed E-state index contributed by atoms with van der Waals surface area (Å²) in [4.78, 5) is 11.8. The van der Waals surface area contributed by atoms with Gasteiger partial charge < -0.3 is 15.2 Å². The van der Waals surface area contributed by atoms with E-state index in [0.717, 1.165) is 11.1 Å². The number of amides is 1. The van der Waals surface area contributed by atoms with Crippen molar-refractivity contribution in [2.45, 2.75) is 6.10 Å². The summed E-state index contributed by atoms with van der Waals surface area (Å²) in [5, 5.41) is 19.6. The Bertz CT molecular complexity index is 550. The zero-order chi connectivity index (χ0) is 14.9. The maximum Gasteiger partial charge on any atom is 0.244 e. The molecule has 2 rings (SSSR count). The number of hydrogen-bond donors (Lipinski definition) is 2. The van der Waals surface area contributed by atoms with Crippen LogP contribution in [0.15, 0.2) is 39.7 Å². The molecule has 0 fully saturated rings. The van der Waals surface area contributed by atoms with Crippen molar-refractivity contribution in [3.8, 4) is 0 Å². The molecular weight excluding hydrogens is 306 g/mol. The van der Waals surface area contributed by atoms with Crippen molar-refractivity contribution in [2.75, 3.05) is 19.8 Å². The molecule has 0 aliphatic heterocycles. The van der Waals surface area contributed by atoms with Gasteiger partial charge in [-0.3, -0.25) is 4.79 Å². The molecule has 0 bridgehead atoms. The number of thiophene rings is 2. The highest BCUT2D eigenvalue weighted by Crippen LogP contribution is 2.19. The predicted octanol–water partition coefficient (Wildman–Crippen LogP) is 2.69. The van der Waals surface area contributed by atoms with Crippen LogP contribution in [0.25, 0.3) is 6.08 Å². The number of aliphatic hydroxyl groups excluding tert-OH is 1. The lowest BCUT2D eigenvalue weighted by Crippen LogP contribution is -2.28. The van der Waals surface area contributed by atoms with Gasteiger partial charge in [0.1, 0.15) is 6.10 Å². The van der Waals surface area contributed by atoms with Gasteiger partial charge in [0, 0.05) is 12.6 Å². The van der Waals surface area contributed by atoms with Crippen LogP contribution >= 0.6 is 22.7 Å². The standard InChI is InChI=1S/C15H17NO3S2/c17-5-6-19-14(13-4-8-21-11-13)9-16-15(18)2-1-12-3-7-20-10-12/h1-4,7-8,10-11,14,17H,5-6,9H2,(H,16,18)/b2-1+/t14-/m0/s1. The number of carbonyl (C=O) groups is 1.